The van der Waals surface area contributed by atoms with Crippen LogP contribution >= 0.6 is 45.3 Å². The third kappa shape index (κ3) is 8.48. The molecule has 0 aliphatic rings. The topological polar surface area (TPSA) is 0 Å². The van der Waals surface area contributed by atoms with Gasteiger partial charge >= 0.3 is 291 Å². The van der Waals surface area contributed by atoms with Crippen molar-refractivity contribution < 1.29 is 0 Å². The summed E-state index contributed by atoms with van der Waals surface area (Å²) in [6, 6.07) is 15.3. The van der Waals surface area contributed by atoms with Gasteiger partial charge < -0.3 is 0 Å². The van der Waals surface area contributed by atoms with Gasteiger partial charge in [-0.25, -0.2) is 0 Å². The van der Waals surface area contributed by atoms with E-state index >= 15 is 0 Å². The van der Waals surface area contributed by atoms with Gasteiger partial charge in [0.2, 0.25) is 0 Å². The van der Waals surface area contributed by atoms with Gasteiger partial charge in [-0.3, -0.25) is 0 Å². The molecule has 0 N–H and O–H groups in total. The van der Waals surface area contributed by atoms with Crippen molar-refractivity contribution in [3.8, 4) is 20.9 Å². The molecule has 0 amide bonds. The Hall–Kier alpha value is 0.137. The van der Waals surface area contributed by atoms with Gasteiger partial charge in [-0.1, -0.05) is 13.8 Å². The van der Waals surface area contributed by atoms with Crippen molar-refractivity contribution in [2.24, 2.45) is 11.8 Å². The van der Waals surface area contributed by atoms with E-state index in [0.29, 0.717) is 0 Å². The van der Waals surface area contributed by atoms with Crippen LogP contribution in [0.4, 0.5) is 0 Å². The normalized spacial score (nSPS) is 13.9. The van der Waals surface area contributed by atoms with Crippen molar-refractivity contribution in [1.29, 1.82) is 0 Å². The van der Waals surface area contributed by atoms with Crippen LogP contribution in [0.1, 0.15) is 88.8 Å². The van der Waals surface area contributed by atoms with E-state index < -0.39 is 38.1 Å². The summed E-state index contributed by atoms with van der Waals surface area (Å²) in [4.78, 5) is 19.1. The first-order chi connectivity index (χ1) is 21.6. The molecule has 1 aromatic carbocycles. The molecule has 1 radical (unpaired) electrons. The minimum atomic E-state index is -2.30. The van der Waals surface area contributed by atoms with Crippen molar-refractivity contribution in [1.82, 2.24) is 0 Å². The van der Waals surface area contributed by atoms with Crippen LogP contribution in [0.2, 0.25) is 24.7 Å². The molecule has 0 bridgehead atoms. The molecule has 0 fully saturated rings. The molecule has 0 saturated heterocycles. The summed E-state index contributed by atoms with van der Waals surface area (Å²) in [7, 11) is 0. The minimum absolute atomic E-state index is 0.812. The zero-order valence-electron chi connectivity index (χ0n) is 29.3. The molecule has 0 spiro atoms. The molecule has 45 heavy (non-hydrogen) atoms. The Morgan fingerprint density at radius 3 is 1.58 bits per heavy atom. The fraction of sp³-hybridized carbons (Fsp3) is 0.538. The Balaban J connectivity index is 1.69. The number of hydrogen-bond acceptors (Lipinski definition) is 4. The molecule has 0 aliphatic carbocycles. The number of thiophene rings is 4. The van der Waals surface area contributed by atoms with E-state index in [1.54, 1.807) is 46.8 Å². The molecular weight excluding hydrogens is 834 g/mol. The molecule has 4 aromatic heterocycles. The SMILES string of the molecule is CCCCC(CC)Cc1ccc(-c2c3c[c]([Sn]([CH3])([CH3])[CH3])sc3c(-c3ccc(CC(CC)CCCC)s3)c3c[c]([Sn]([CH3])[CH3])sc23)s1. The monoisotopic (exact) mass is 891 g/mol. The molecular formula is C39H55S4Sn2. The number of unbranched alkanes of at least 4 members (excludes halogenated alkanes) is 2. The fourth-order valence-corrected chi connectivity index (χ4v) is 20.6. The Bertz CT molecular complexity index is 1580. The first kappa shape index (κ1) is 36.4. The Labute approximate surface area is 301 Å². The molecule has 2 unspecified atom stereocenters. The molecule has 0 aliphatic heterocycles. The molecule has 4 heterocycles. The maximum absolute atomic E-state index is 2.67. The molecule has 5 aromatic rings. The average Bonchev–Trinajstić information content (AvgIpc) is 3.82. The van der Waals surface area contributed by atoms with E-state index in [-0.39, 0.29) is 0 Å². The van der Waals surface area contributed by atoms with E-state index in [1.807, 2.05) is 0 Å². The van der Waals surface area contributed by atoms with E-state index in [9.17, 15) is 0 Å². The Kier molecular flexibility index (Phi) is 13.1. The van der Waals surface area contributed by atoms with E-state index in [1.165, 1.54) is 74.0 Å². The van der Waals surface area contributed by atoms with Crippen molar-refractivity contribution in [2.75, 3.05) is 0 Å². The maximum atomic E-state index is 2.67. The van der Waals surface area contributed by atoms with Crippen LogP contribution in [0, 0.1) is 11.8 Å². The summed E-state index contributed by atoms with van der Waals surface area (Å²) >= 11 is 4.65. The second kappa shape index (κ2) is 16.2. The third-order valence-corrected chi connectivity index (χ3v) is 30.2. The molecule has 0 nitrogen and oxygen atoms in total. The molecule has 243 valence electrons. The summed E-state index contributed by atoms with van der Waals surface area (Å²) < 4.78 is 6.56. The van der Waals surface area contributed by atoms with Crippen LogP contribution in [0.5, 0.6) is 0 Å². The fourth-order valence-electron chi connectivity index (χ4n) is 6.57. The van der Waals surface area contributed by atoms with Gasteiger partial charge in [0.05, 0.1) is 0 Å². The zero-order valence-corrected chi connectivity index (χ0v) is 38.3. The van der Waals surface area contributed by atoms with Gasteiger partial charge in [-0.05, 0) is 0 Å². The second-order valence-corrected chi connectivity index (χ2v) is 42.6. The first-order valence-electron chi connectivity index (χ1n) is 17.6. The summed E-state index contributed by atoms with van der Waals surface area (Å²) in [5.74, 6) is 1.62. The average molecular weight is 890 g/mol. The van der Waals surface area contributed by atoms with Crippen molar-refractivity contribution >= 4 is 109 Å². The summed E-state index contributed by atoms with van der Waals surface area (Å²) in [5.41, 5.74) is 3.12. The predicted octanol–water partition coefficient (Wildman–Crippen LogP) is 13.6. The van der Waals surface area contributed by atoms with Crippen molar-refractivity contribution in [3.05, 3.63) is 46.2 Å². The van der Waals surface area contributed by atoms with Gasteiger partial charge in [-0.2, -0.15) is 0 Å². The van der Waals surface area contributed by atoms with Crippen molar-refractivity contribution in [3.63, 3.8) is 0 Å². The van der Waals surface area contributed by atoms with Crippen molar-refractivity contribution in [2.45, 2.75) is 117 Å². The second-order valence-electron chi connectivity index (χ2n) is 14.5. The van der Waals surface area contributed by atoms with E-state index in [2.05, 4.69) is 134 Å². The molecule has 0 saturated carbocycles. The van der Waals surface area contributed by atoms with Gasteiger partial charge in [0.25, 0.3) is 0 Å². The quantitative estimate of drug-likeness (QED) is 0.0866. The summed E-state index contributed by atoms with van der Waals surface area (Å²) in [6.45, 7) is 9.44. The molecule has 5 rings (SSSR count). The zero-order chi connectivity index (χ0) is 32.3. The van der Waals surface area contributed by atoms with Crippen LogP contribution in [-0.4, -0.2) is 38.1 Å². The van der Waals surface area contributed by atoms with Crippen LogP contribution in [0.25, 0.3) is 41.1 Å². The van der Waals surface area contributed by atoms with Crippen LogP contribution < -0.4 is 5.79 Å². The van der Waals surface area contributed by atoms with Crippen LogP contribution in [-0.2, 0) is 12.8 Å². The number of benzene rings is 1. The summed E-state index contributed by atoms with van der Waals surface area (Å²) in [5, 5.41) is 3.10. The number of fused-ring (bicyclic) bond motifs is 2. The predicted molar refractivity (Wildman–Crippen MR) is 218 cm³/mol. The van der Waals surface area contributed by atoms with Gasteiger partial charge in [0.1, 0.15) is 0 Å². The number of rotatable bonds is 16. The number of hydrogen-bond donors (Lipinski definition) is 0. The standard InChI is InChI=1S/C34H40S4.5CH3.2Sn/c1-5-9-11-23(7-3)21-25-13-15-29(37-25)31-27-17-19-36-34(27)32(28-18-20-35-33(28)31)30-16-14-26(38-30)22-24(8-4)12-10-6-2;;;;;;;/h13-18,23-24H,5-12,21-22H2,1-4H3;5*1H3;;. The van der Waals surface area contributed by atoms with Crippen LogP contribution in [0.15, 0.2) is 36.4 Å². The van der Waals surface area contributed by atoms with E-state index in [4.69, 9.17) is 0 Å². The first-order valence-corrected chi connectivity index (χ1v) is 38.0. The molecule has 2 atom stereocenters. The van der Waals surface area contributed by atoms with E-state index in [0.717, 1.165) is 11.8 Å². The Morgan fingerprint density at radius 2 is 1.13 bits per heavy atom. The summed E-state index contributed by atoms with van der Waals surface area (Å²) in [6.07, 6.45) is 13.1. The van der Waals surface area contributed by atoms with Gasteiger partial charge in [0.15, 0.2) is 0 Å². The van der Waals surface area contributed by atoms with Gasteiger partial charge in [0, 0.05) is 0 Å². The third-order valence-electron chi connectivity index (χ3n) is 9.57. The van der Waals surface area contributed by atoms with Gasteiger partial charge in [-0.15, -0.1) is 0 Å². The Morgan fingerprint density at radius 1 is 0.644 bits per heavy atom. The van der Waals surface area contributed by atoms with Crippen LogP contribution in [0.3, 0.4) is 0 Å². The molecule has 6 heteroatoms.